The summed E-state index contributed by atoms with van der Waals surface area (Å²) in [6, 6.07) is -10.9. The molecule has 0 radical (unpaired) electrons. The van der Waals surface area contributed by atoms with Crippen LogP contribution in [-0.2, 0) is 47.9 Å². The van der Waals surface area contributed by atoms with Crippen molar-refractivity contribution >= 4 is 65.1 Å². The van der Waals surface area contributed by atoms with Gasteiger partial charge in [-0.25, -0.2) is 4.79 Å². The van der Waals surface area contributed by atoms with Crippen LogP contribution in [0.2, 0.25) is 0 Å². The van der Waals surface area contributed by atoms with Gasteiger partial charge in [-0.2, -0.15) is 0 Å². The van der Waals surface area contributed by atoms with Crippen molar-refractivity contribution in [3.63, 3.8) is 0 Å². The molecule has 0 aromatic carbocycles. The van der Waals surface area contributed by atoms with Crippen LogP contribution >= 0.6 is 0 Å². The number of nitrogens with one attached hydrogen (secondary N) is 9. The first-order chi connectivity index (χ1) is 32.3. The highest BCUT2D eigenvalue weighted by molar-refractivity contribution is 5.98. The molecule has 392 valence electrons. The summed E-state index contributed by atoms with van der Waals surface area (Å²) in [5.74, 6) is -9.35. The van der Waals surface area contributed by atoms with Crippen LogP contribution < -0.4 is 59.7 Å². The van der Waals surface area contributed by atoms with E-state index in [-0.39, 0.29) is 88.8 Å². The lowest BCUT2D eigenvalue weighted by Crippen LogP contribution is -2.61. The number of carbonyl (C=O) groups is 10. The van der Waals surface area contributed by atoms with Gasteiger partial charge in [-0.15, -0.1) is 0 Å². The summed E-state index contributed by atoms with van der Waals surface area (Å²) >= 11 is 0. The van der Waals surface area contributed by atoms with E-state index in [2.05, 4.69) is 42.5 Å². The molecular weight excluding hydrogens is 907 g/mol. The quantitative estimate of drug-likeness (QED) is 0.0172. The zero-order valence-corrected chi connectivity index (χ0v) is 40.6. The van der Waals surface area contributed by atoms with Crippen LogP contribution in [0.4, 0.5) is 0 Å². The number of nitrogens with two attached hydrogens (primary N) is 3. The molecule has 0 spiro atoms. The van der Waals surface area contributed by atoms with Crippen molar-refractivity contribution in [1.29, 1.82) is 5.41 Å². The Morgan fingerprint density at radius 1 is 0.667 bits per heavy atom. The molecule has 18 N–H and O–H groups in total. The second kappa shape index (κ2) is 31.1. The summed E-state index contributed by atoms with van der Waals surface area (Å²) < 4.78 is 0. The highest BCUT2D eigenvalue weighted by Crippen LogP contribution is 2.20. The smallest absolute Gasteiger partial charge is 0.326 e. The Morgan fingerprint density at radius 3 is 1.72 bits per heavy atom. The number of hydrogen-bond acceptors (Lipinski definition) is 14. The number of aliphatic hydroxyl groups is 2. The molecule has 0 aromatic heterocycles. The van der Waals surface area contributed by atoms with Crippen molar-refractivity contribution in [2.45, 2.75) is 167 Å². The zero-order chi connectivity index (χ0) is 52.5. The van der Waals surface area contributed by atoms with E-state index < -0.39 is 120 Å². The molecule has 0 saturated carbocycles. The van der Waals surface area contributed by atoms with Crippen LogP contribution in [0.25, 0.3) is 0 Å². The van der Waals surface area contributed by atoms with Gasteiger partial charge >= 0.3 is 5.97 Å². The Balaban J connectivity index is 3.32. The Hall–Kier alpha value is -6.15. The maximum Gasteiger partial charge on any atom is 0.326 e. The summed E-state index contributed by atoms with van der Waals surface area (Å²) in [5.41, 5.74) is 16.3. The fourth-order valence-corrected chi connectivity index (χ4v) is 7.45. The molecule has 1 aliphatic heterocycles. The van der Waals surface area contributed by atoms with Crippen LogP contribution in [0.15, 0.2) is 0 Å². The van der Waals surface area contributed by atoms with Gasteiger partial charge in [0.1, 0.15) is 48.3 Å². The number of hydrogen-bond donors (Lipinski definition) is 15. The third kappa shape index (κ3) is 22.7. The van der Waals surface area contributed by atoms with Gasteiger partial charge in [-0.05, 0) is 89.5 Å². The molecule has 26 nitrogen and oxygen atoms in total. The van der Waals surface area contributed by atoms with Crippen molar-refractivity contribution in [3.8, 4) is 0 Å². The normalized spacial score (nSPS) is 16.9. The Morgan fingerprint density at radius 2 is 1.19 bits per heavy atom. The predicted octanol–water partition coefficient (Wildman–Crippen LogP) is -4.40. The summed E-state index contributed by atoms with van der Waals surface area (Å²) in [4.78, 5) is 132. The number of likely N-dealkylation sites (tertiary alicyclic amines) is 1. The van der Waals surface area contributed by atoms with Crippen molar-refractivity contribution in [2.75, 3.05) is 26.2 Å². The van der Waals surface area contributed by atoms with Crippen LogP contribution in [0, 0.1) is 17.2 Å². The third-order valence-electron chi connectivity index (χ3n) is 10.9. The maximum absolute atomic E-state index is 14.1. The van der Waals surface area contributed by atoms with E-state index in [4.69, 9.17) is 22.6 Å². The summed E-state index contributed by atoms with van der Waals surface area (Å²) in [6.45, 7) is 8.89. The van der Waals surface area contributed by atoms with Crippen molar-refractivity contribution in [1.82, 2.24) is 47.4 Å². The molecule has 0 bridgehead atoms. The first-order valence-corrected chi connectivity index (χ1v) is 23.3. The number of carboxylic acids is 1. The van der Waals surface area contributed by atoms with E-state index in [1.165, 1.54) is 11.8 Å². The Kier molecular flexibility index (Phi) is 27.4. The molecule has 1 aliphatic rings. The van der Waals surface area contributed by atoms with E-state index in [9.17, 15) is 63.3 Å². The van der Waals surface area contributed by atoms with Crippen molar-refractivity contribution < 1.29 is 63.3 Å². The highest BCUT2D eigenvalue weighted by atomic mass is 16.4. The molecule has 69 heavy (non-hydrogen) atoms. The molecule has 1 rings (SSSR count). The molecule has 0 aliphatic carbocycles. The number of nitrogens with zero attached hydrogens (tertiary/aromatic N) is 1. The van der Waals surface area contributed by atoms with E-state index in [1.807, 2.05) is 0 Å². The molecule has 0 unspecified atom stereocenters. The number of amides is 9. The maximum atomic E-state index is 14.1. The molecule has 26 heteroatoms. The molecule has 1 saturated heterocycles. The number of primary amides is 1. The Labute approximate surface area is 402 Å². The first kappa shape index (κ1) is 60.9. The number of carbonyl (C=O) groups excluding carboxylic acids is 9. The van der Waals surface area contributed by atoms with Gasteiger partial charge in [-0.3, -0.25) is 48.6 Å². The lowest BCUT2D eigenvalue weighted by Gasteiger charge is -2.31. The number of aliphatic carboxylic acids is 1. The van der Waals surface area contributed by atoms with Crippen LogP contribution in [-0.4, -0.2) is 166 Å². The second-order valence-electron chi connectivity index (χ2n) is 18.0. The van der Waals surface area contributed by atoms with E-state index in [0.29, 0.717) is 19.3 Å². The molecule has 9 amide bonds. The van der Waals surface area contributed by atoms with Gasteiger partial charge in [0.15, 0.2) is 5.96 Å². The Bertz CT molecular complexity index is 1780. The van der Waals surface area contributed by atoms with Crippen LogP contribution in [0.3, 0.4) is 0 Å². The number of aliphatic hydroxyl groups excluding tert-OH is 2. The molecule has 1 heterocycles. The van der Waals surface area contributed by atoms with Gasteiger partial charge in [0.25, 0.3) is 0 Å². The lowest BCUT2D eigenvalue weighted by molar-refractivity contribution is -0.143. The molecular formula is C43H77N13O13. The lowest BCUT2D eigenvalue weighted by atomic mass is 10.0. The fraction of sp³-hybridized carbons (Fsp3) is 0.744. The van der Waals surface area contributed by atoms with Gasteiger partial charge in [0, 0.05) is 26.4 Å². The van der Waals surface area contributed by atoms with Gasteiger partial charge < -0.3 is 80.0 Å². The van der Waals surface area contributed by atoms with Crippen LogP contribution in [0.1, 0.15) is 112 Å². The van der Waals surface area contributed by atoms with Gasteiger partial charge in [0.2, 0.25) is 53.2 Å². The number of carboxylic acid groups (broad SMARTS) is 1. The fourth-order valence-electron chi connectivity index (χ4n) is 7.45. The average Bonchev–Trinajstić information content (AvgIpc) is 3.75. The third-order valence-corrected chi connectivity index (χ3v) is 10.9. The number of guanidine groups is 1. The molecule has 1 fully saturated rings. The summed E-state index contributed by atoms with van der Waals surface area (Å²) in [7, 11) is 0. The van der Waals surface area contributed by atoms with Crippen molar-refractivity contribution in [2.24, 2.45) is 29.0 Å². The standard InChI is InChI=1S/C43H77N13O13/c1-22(2)19-29(37(63)50-26(11-7-8-16-44)36(62)55-34(24(5)58)40(66)53-30(42(68)69)20-23(3)4)52-38(64)31(21-57)54-39(65)32-13-10-18-56(32)41(67)28(12-9-17-48-43(46)47)51-35(61)27(49-25(6)59)14-15-33(45)60/h22-24,26-32,34,57-58H,7-21,44H2,1-6H3,(H2,45,60)(H,49,59)(H,50,63)(H,51,61)(H,52,64)(H,53,66)(H,54,65)(H,55,62)(H,68,69)(H4,46,47,48)/t24-,26+,27+,28+,29+,30+,31+,32+,34+/m1/s1. The number of rotatable bonds is 32. The SMILES string of the molecule is CC(=O)N[C@@H](CCC(N)=O)C(=O)N[C@@H](CCCNC(=N)N)C(=O)N1CCC[C@H]1C(=O)N[C@@H](CO)C(=O)N[C@@H](CC(C)C)C(=O)N[C@@H](CCCCN)C(=O)N[C@H](C(=O)N[C@@H](CC(C)C)C(=O)O)[C@@H](C)O. The number of unbranched alkanes of at least 4 members (excludes halogenated alkanes) is 1. The van der Waals surface area contributed by atoms with Crippen LogP contribution in [0.5, 0.6) is 0 Å². The summed E-state index contributed by atoms with van der Waals surface area (Å²) in [5, 5.41) is 57.8. The minimum atomic E-state index is -1.64. The van der Waals surface area contributed by atoms with Gasteiger partial charge in [0.05, 0.1) is 12.7 Å². The molecule has 9 atom stereocenters. The van der Waals surface area contributed by atoms with E-state index in [0.717, 1.165) is 6.92 Å². The molecule has 0 aromatic rings. The largest absolute Gasteiger partial charge is 0.480 e. The minimum absolute atomic E-state index is 0.00726. The van der Waals surface area contributed by atoms with E-state index >= 15 is 0 Å². The van der Waals surface area contributed by atoms with E-state index in [1.54, 1.807) is 27.7 Å². The van der Waals surface area contributed by atoms with Crippen molar-refractivity contribution in [3.05, 3.63) is 0 Å². The minimum Gasteiger partial charge on any atom is -0.480 e. The monoisotopic (exact) mass is 984 g/mol. The predicted molar refractivity (Wildman–Crippen MR) is 250 cm³/mol. The van der Waals surface area contributed by atoms with Gasteiger partial charge in [-0.1, -0.05) is 27.7 Å². The summed E-state index contributed by atoms with van der Waals surface area (Å²) in [6.07, 6.45) is -0.417. The zero-order valence-electron chi connectivity index (χ0n) is 40.6. The second-order valence-corrected chi connectivity index (χ2v) is 18.0. The topological polar surface area (TPSA) is 433 Å². The highest BCUT2D eigenvalue weighted by Gasteiger charge is 2.40. The average molecular weight is 984 g/mol. The first-order valence-electron chi connectivity index (χ1n) is 23.3.